The molecule has 0 aliphatic heterocycles. The lowest BCUT2D eigenvalue weighted by atomic mass is 10.1. The number of carbonyl (C=O) groups excluding carboxylic acids is 1. The van der Waals surface area contributed by atoms with Gasteiger partial charge in [-0.2, -0.15) is 0 Å². The predicted molar refractivity (Wildman–Crippen MR) is 87.6 cm³/mol. The molecule has 0 amide bonds. The third-order valence-electron chi connectivity index (χ3n) is 3.35. The quantitative estimate of drug-likeness (QED) is 0.554. The van der Waals surface area contributed by atoms with Crippen molar-refractivity contribution in [2.24, 2.45) is 0 Å². The summed E-state index contributed by atoms with van der Waals surface area (Å²) in [7, 11) is 0. The number of fused-ring (bicyclic) bond motifs is 1. The summed E-state index contributed by atoms with van der Waals surface area (Å²) in [5.74, 6) is -2.28. The number of carbonyl (C=O) groups is 1. The second kappa shape index (κ2) is 5.97. The number of benzene rings is 1. The molecule has 124 valence electrons. The van der Waals surface area contributed by atoms with Gasteiger partial charge < -0.3 is 19.4 Å². The van der Waals surface area contributed by atoms with Crippen LogP contribution in [-0.4, -0.2) is 27.8 Å². The van der Waals surface area contributed by atoms with E-state index in [1.54, 1.807) is 19.2 Å². The van der Waals surface area contributed by atoms with E-state index in [-0.39, 0.29) is 28.9 Å². The van der Waals surface area contributed by atoms with Crippen LogP contribution in [0.4, 0.5) is 0 Å². The Morgan fingerprint density at radius 2 is 2.12 bits per heavy atom. The van der Waals surface area contributed by atoms with Crippen LogP contribution in [-0.2, 0) is 4.74 Å². The van der Waals surface area contributed by atoms with Gasteiger partial charge in [-0.25, -0.2) is 9.78 Å². The molecule has 7 nitrogen and oxygen atoms in total. The van der Waals surface area contributed by atoms with Gasteiger partial charge in [0.15, 0.2) is 11.3 Å². The number of hydrogen-bond acceptors (Lipinski definition) is 8. The predicted octanol–water partition coefficient (Wildman–Crippen LogP) is 2.81. The van der Waals surface area contributed by atoms with Gasteiger partial charge in [-0.15, -0.1) is 11.3 Å². The number of aromatic hydroxyl groups is 2. The molecular formula is C16H13NO6S. The average Bonchev–Trinajstić information content (AvgIpc) is 2.97. The van der Waals surface area contributed by atoms with Crippen molar-refractivity contribution < 1.29 is 24.2 Å². The Labute approximate surface area is 139 Å². The van der Waals surface area contributed by atoms with Gasteiger partial charge >= 0.3 is 5.97 Å². The average molecular weight is 347 g/mol. The molecule has 2 heterocycles. The molecule has 0 bridgehead atoms. The highest BCUT2D eigenvalue weighted by Gasteiger charge is 2.26. The van der Waals surface area contributed by atoms with Gasteiger partial charge in [-0.1, -0.05) is 0 Å². The van der Waals surface area contributed by atoms with Crippen molar-refractivity contribution in [1.82, 2.24) is 4.98 Å². The molecule has 1 aromatic carbocycles. The smallest absolute Gasteiger partial charge is 0.375 e. The number of aryl methyl sites for hydroxylation is 1. The van der Waals surface area contributed by atoms with Gasteiger partial charge in [0.2, 0.25) is 16.9 Å². The zero-order chi connectivity index (χ0) is 17.4. The molecule has 0 radical (unpaired) electrons. The van der Waals surface area contributed by atoms with Gasteiger partial charge in [0, 0.05) is 5.38 Å². The largest absolute Gasteiger partial charge is 0.504 e. The molecule has 24 heavy (non-hydrogen) atoms. The molecule has 0 aliphatic rings. The summed E-state index contributed by atoms with van der Waals surface area (Å²) in [6.45, 7) is 3.47. The first kappa shape index (κ1) is 16.0. The van der Waals surface area contributed by atoms with Gasteiger partial charge in [0.1, 0.15) is 0 Å². The molecule has 3 rings (SSSR count). The van der Waals surface area contributed by atoms with Gasteiger partial charge in [-0.05, 0) is 26.0 Å². The van der Waals surface area contributed by atoms with Crippen LogP contribution in [0, 0.1) is 6.92 Å². The molecule has 0 atom stereocenters. The van der Waals surface area contributed by atoms with Gasteiger partial charge in [-0.3, -0.25) is 4.79 Å². The lowest BCUT2D eigenvalue weighted by Crippen LogP contribution is -2.15. The number of ether oxygens (including phenoxy) is 1. The van der Waals surface area contributed by atoms with E-state index in [1.165, 1.54) is 23.5 Å². The van der Waals surface area contributed by atoms with Crippen molar-refractivity contribution in [3.05, 3.63) is 38.5 Å². The summed E-state index contributed by atoms with van der Waals surface area (Å²) in [5.41, 5.74) is -0.558. The highest BCUT2D eigenvalue weighted by atomic mass is 32.1. The Hall–Kier alpha value is -2.87. The first-order valence-corrected chi connectivity index (χ1v) is 7.93. The second-order valence-corrected chi connectivity index (χ2v) is 5.98. The normalized spacial score (nSPS) is 10.9. The van der Waals surface area contributed by atoms with Gasteiger partial charge in [0.25, 0.3) is 0 Å². The number of aromatic nitrogens is 1. The highest BCUT2D eigenvalue weighted by molar-refractivity contribution is 7.09. The van der Waals surface area contributed by atoms with E-state index in [2.05, 4.69) is 4.98 Å². The van der Waals surface area contributed by atoms with E-state index in [4.69, 9.17) is 9.15 Å². The van der Waals surface area contributed by atoms with Crippen LogP contribution in [0.25, 0.3) is 22.2 Å². The zero-order valence-corrected chi connectivity index (χ0v) is 13.6. The summed E-state index contributed by atoms with van der Waals surface area (Å²) < 4.78 is 10.4. The Morgan fingerprint density at radius 3 is 2.75 bits per heavy atom. The van der Waals surface area contributed by atoms with Crippen LogP contribution in [0.2, 0.25) is 0 Å². The van der Waals surface area contributed by atoms with E-state index in [0.29, 0.717) is 10.7 Å². The van der Waals surface area contributed by atoms with Crippen LogP contribution in [0.15, 0.2) is 26.7 Å². The summed E-state index contributed by atoms with van der Waals surface area (Å²) in [6, 6.07) is 2.49. The molecule has 0 aliphatic carbocycles. The van der Waals surface area contributed by atoms with Crippen molar-refractivity contribution in [1.29, 1.82) is 0 Å². The Kier molecular flexibility index (Phi) is 3.98. The molecule has 0 saturated heterocycles. The van der Waals surface area contributed by atoms with E-state index in [0.717, 1.165) is 0 Å². The topological polar surface area (TPSA) is 110 Å². The molecule has 3 aromatic rings. The fourth-order valence-electron chi connectivity index (χ4n) is 2.29. The molecule has 2 N–H and O–H groups in total. The van der Waals surface area contributed by atoms with Crippen LogP contribution < -0.4 is 5.43 Å². The molecule has 0 fully saturated rings. The van der Waals surface area contributed by atoms with E-state index < -0.39 is 22.9 Å². The van der Waals surface area contributed by atoms with Crippen molar-refractivity contribution in [2.45, 2.75) is 13.8 Å². The fourth-order valence-corrected chi connectivity index (χ4v) is 2.89. The number of phenolic OH excluding ortho intramolecular Hbond substituents is 2. The van der Waals surface area contributed by atoms with Gasteiger partial charge in [0.05, 0.1) is 28.3 Å². The molecule has 8 heteroatoms. The van der Waals surface area contributed by atoms with E-state index in [1.807, 2.05) is 0 Å². The van der Waals surface area contributed by atoms with Crippen LogP contribution in [0.3, 0.4) is 0 Å². The molecule has 0 spiro atoms. The maximum Gasteiger partial charge on any atom is 0.375 e. The van der Waals surface area contributed by atoms with E-state index >= 15 is 0 Å². The lowest BCUT2D eigenvalue weighted by Gasteiger charge is -2.09. The minimum absolute atomic E-state index is 0.0269. The first-order valence-electron chi connectivity index (χ1n) is 7.05. The van der Waals surface area contributed by atoms with Crippen LogP contribution >= 0.6 is 11.3 Å². The number of hydrogen-bond donors (Lipinski definition) is 2. The Morgan fingerprint density at radius 1 is 1.38 bits per heavy atom. The zero-order valence-electron chi connectivity index (χ0n) is 12.8. The monoisotopic (exact) mass is 347 g/mol. The van der Waals surface area contributed by atoms with Crippen molar-refractivity contribution in [3.8, 4) is 22.8 Å². The number of phenols is 2. The Balaban J connectivity index is 2.42. The maximum absolute atomic E-state index is 12.8. The van der Waals surface area contributed by atoms with Crippen molar-refractivity contribution in [2.75, 3.05) is 6.61 Å². The van der Waals surface area contributed by atoms with Crippen LogP contribution in [0.5, 0.6) is 11.5 Å². The molecule has 2 aromatic heterocycles. The summed E-state index contributed by atoms with van der Waals surface area (Å²) in [4.78, 5) is 29.3. The summed E-state index contributed by atoms with van der Waals surface area (Å²) >= 11 is 1.32. The van der Waals surface area contributed by atoms with Crippen molar-refractivity contribution >= 4 is 28.3 Å². The minimum Gasteiger partial charge on any atom is -0.504 e. The molecular weight excluding hydrogens is 334 g/mol. The second-order valence-electron chi connectivity index (χ2n) is 4.92. The highest BCUT2D eigenvalue weighted by Crippen LogP contribution is 2.35. The minimum atomic E-state index is -0.847. The van der Waals surface area contributed by atoms with Crippen LogP contribution in [0.1, 0.15) is 22.5 Å². The first-order chi connectivity index (χ1) is 11.4. The third-order valence-corrected chi connectivity index (χ3v) is 4.12. The number of thiazole rings is 1. The van der Waals surface area contributed by atoms with E-state index in [9.17, 15) is 19.8 Å². The summed E-state index contributed by atoms with van der Waals surface area (Å²) in [6.07, 6.45) is 0. The number of nitrogens with zero attached hydrogens (tertiary/aromatic N) is 1. The third kappa shape index (κ3) is 2.50. The standard InChI is InChI=1S/C16H13NO6S/c1-3-22-16(21)15-11(9-6-24-7(2)17-9)12(19)8-4-5-10(18)13(20)14(8)23-15/h4-6,18,20H,3H2,1-2H3. The summed E-state index contributed by atoms with van der Waals surface area (Å²) in [5, 5.41) is 21.9. The Bertz CT molecular complexity index is 1000. The maximum atomic E-state index is 12.8. The van der Waals surface area contributed by atoms with Crippen molar-refractivity contribution in [3.63, 3.8) is 0 Å². The number of esters is 1. The SMILES string of the molecule is CCOC(=O)c1oc2c(O)c(O)ccc2c(=O)c1-c1csc(C)n1. The number of rotatable bonds is 3. The molecule has 0 unspecified atom stereocenters. The lowest BCUT2D eigenvalue weighted by molar-refractivity contribution is 0.0492. The fraction of sp³-hybridized carbons (Fsp3) is 0.188. The molecule has 0 saturated carbocycles.